The van der Waals surface area contributed by atoms with Crippen molar-refractivity contribution in [2.24, 2.45) is 0 Å². The van der Waals surface area contributed by atoms with Gasteiger partial charge in [-0.3, -0.25) is 0 Å². The molecule has 1 N–H and O–H groups in total. The van der Waals surface area contributed by atoms with E-state index in [4.69, 9.17) is 14.5 Å². The van der Waals surface area contributed by atoms with Crippen LogP contribution in [0.1, 0.15) is 31.2 Å². The highest BCUT2D eigenvalue weighted by molar-refractivity contribution is 7.94. The van der Waals surface area contributed by atoms with Gasteiger partial charge in [-0.1, -0.05) is 12.8 Å². The average Bonchev–Trinajstić information content (AvgIpc) is 3.42. The van der Waals surface area contributed by atoms with E-state index in [2.05, 4.69) is 15.2 Å². The first kappa shape index (κ1) is 24.9. The number of benzene rings is 1. The van der Waals surface area contributed by atoms with Gasteiger partial charge in [0.25, 0.3) is 0 Å². The molecule has 1 saturated carbocycles. The summed E-state index contributed by atoms with van der Waals surface area (Å²) < 4.78 is 51.7. The Kier molecular flexibility index (Phi) is 7.68. The molecule has 2 saturated heterocycles. The summed E-state index contributed by atoms with van der Waals surface area (Å²) in [5.41, 5.74) is 0.948. The first-order chi connectivity index (χ1) is 17.5. The maximum atomic E-state index is 14.1. The van der Waals surface area contributed by atoms with Crippen LogP contribution in [-0.4, -0.2) is 77.0 Å². The minimum Gasteiger partial charge on any atom is -0.378 e. The lowest BCUT2D eigenvalue weighted by molar-refractivity contribution is 0.122. The van der Waals surface area contributed by atoms with Gasteiger partial charge < -0.3 is 24.6 Å². The lowest BCUT2D eigenvalue weighted by Gasteiger charge is -2.30. The Morgan fingerprint density at radius 3 is 2.36 bits per heavy atom. The van der Waals surface area contributed by atoms with Crippen LogP contribution in [0.15, 0.2) is 34.7 Å². The number of sulfone groups is 1. The molecule has 3 heterocycles. The van der Waals surface area contributed by atoms with Crippen molar-refractivity contribution in [3.63, 3.8) is 0 Å². The van der Waals surface area contributed by atoms with Gasteiger partial charge in [0.15, 0.2) is 0 Å². The van der Waals surface area contributed by atoms with Crippen LogP contribution in [-0.2, 0) is 19.3 Å². The monoisotopic (exact) mass is 517 g/mol. The van der Waals surface area contributed by atoms with Crippen molar-refractivity contribution in [1.82, 2.24) is 9.97 Å². The zero-order valence-corrected chi connectivity index (χ0v) is 21.1. The first-order valence-corrected chi connectivity index (χ1v) is 14.1. The quantitative estimate of drug-likeness (QED) is 0.556. The Bertz CT molecular complexity index is 1190. The van der Waals surface area contributed by atoms with Gasteiger partial charge in [0.1, 0.15) is 11.6 Å². The van der Waals surface area contributed by atoms with Gasteiger partial charge in [0.05, 0.1) is 37.0 Å². The van der Waals surface area contributed by atoms with Crippen LogP contribution in [0.25, 0.3) is 6.08 Å². The fourth-order valence-corrected chi connectivity index (χ4v) is 6.03. The Morgan fingerprint density at radius 2 is 1.67 bits per heavy atom. The predicted octanol–water partition coefficient (Wildman–Crippen LogP) is 3.09. The second kappa shape index (κ2) is 11.1. The SMILES string of the molecule is O=S(=O)(C=Cc1cnc(N2CCOCC2)nc1NC1CCCC1)c1ccc(F)cc1N1CCOCC1. The van der Waals surface area contributed by atoms with Gasteiger partial charge in [-0.2, -0.15) is 4.98 Å². The zero-order chi connectivity index (χ0) is 25.0. The second-order valence-electron chi connectivity index (χ2n) is 9.26. The number of hydrogen-bond donors (Lipinski definition) is 1. The smallest absolute Gasteiger partial charge is 0.227 e. The molecule has 0 bridgehead atoms. The van der Waals surface area contributed by atoms with E-state index >= 15 is 0 Å². The molecule has 2 aromatic rings. The molecule has 5 rings (SSSR count). The highest BCUT2D eigenvalue weighted by atomic mass is 32.2. The number of nitrogens with zero attached hydrogens (tertiary/aromatic N) is 4. The molecule has 1 aromatic heterocycles. The van der Waals surface area contributed by atoms with Crippen molar-refractivity contribution < 1.29 is 22.3 Å². The lowest BCUT2D eigenvalue weighted by atomic mass is 10.2. The molecule has 0 radical (unpaired) electrons. The van der Waals surface area contributed by atoms with Crippen LogP contribution in [0, 0.1) is 5.82 Å². The summed E-state index contributed by atoms with van der Waals surface area (Å²) in [7, 11) is -3.87. The molecule has 0 amide bonds. The lowest BCUT2D eigenvalue weighted by Crippen LogP contribution is -2.37. The third-order valence-electron chi connectivity index (χ3n) is 6.80. The van der Waals surface area contributed by atoms with Crippen LogP contribution >= 0.6 is 0 Å². The van der Waals surface area contributed by atoms with Gasteiger partial charge in [-0.15, -0.1) is 0 Å². The van der Waals surface area contributed by atoms with E-state index in [-0.39, 0.29) is 4.90 Å². The summed E-state index contributed by atoms with van der Waals surface area (Å²) in [6, 6.07) is 4.08. The molecular formula is C25H32FN5O4S. The van der Waals surface area contributed by atoms with Crippen molar-refractivity contribution in [3.05, 3.63) is 41.2 Å². The molecule has 0 unspecified atom stereocenters. The summed E-state index contributed by atoms with van der Waals surface area (Å²) in [4.78, 5) is 13.3. The molecule has 1 aromatic carbocycles. The van der Waals surface area contributed by atoms with Crippen molar-refractivity contribution in [1.29, 1.82) is 0 Å². The number of anilines is 3. The number of rotatable bonds is 7. The first-order valence-electron chi connectivity index (χ1n) is 12.5. The highest BCUT2D eigenvalue weighted by Crippen LogP contribution is 2.30. The van der Waals surface area contributed by atoms with Gasteiger partial charge in [0, 0.05) is 49.4 Å². The molecule has 0 spiro atoms. The fraction of sp³-hybridized carbons (Fsp3) is 0.520. The fourth-order valence-electron chi connectivity index (χ4n) is 4.82. The zero-order valence-electron chi connectivity index (χ0n) is 20.2. The summed E-state index contributed by atoms with van der Waals surface area (Å²) in [5.74, 6) is 0.749. The van der Waals surface area contributed by atoms with Crippen LogP contribution in [0.4, 0.5) is 21.8 Å². The second-order valence-corrected chi connectivity index (χ2v) is 11.1. The van der Waals surface area contributed by atoms with Crippen LogP contribution in [0.3, 0.4) is 0 Å². The van der Waals surface area contributed by atoms with Gasteiger partial charge >= 0.3 is 0 Å². The molecular weight excluding hydrogens is 485 g/mol. The number of aromatic nitrogens is 2. The summed E-state index contributed by atoms with van der Waals surface area (Å²) >= 11 is 0. The minimum atomic E-state index is -3.87. The summed E-state index contributed by atoms with van der Waals surface area (Å²) in [5, 5.41) is 4.67. The van der Waals surface area contributed by atoms with Crippen LogP contribution in [0.5, 0.6) is 0 Å². The average molecular weight is 518 g/mol. The topological polar surface area (TPSA) is 96.9 Å². The van der Waals surface area contributed by atoms with E-state index in [0.717, 1.165) is 31.1 Å². The third kappa shape index (κ3) is 5.79. The molecule has 3 fully saturated rings. The van der Waals surface area contributed by atoms with Gasteiger partial charge in [0.2, 0.25) is 15.8 Å². The molecule has 11 heteroatoms. The van der Waals surface area contributed by atoms with E-state index in [1.54, 1.807) is 6.20 Å². The Hall–Kier alpha value is -2.76. The van der Waals surface area contributed by atoms with Crippen molar-refractivity contribution in [3.8, 4) is 0 Å². The number of ether oxygens (including phenoxy) is 2. The van der Waals surface area contributed by atoms with Crippen molar-refractivity contribution >= 4 is 33.4 Å². The van der Waals surface area contributed by atoms with Gasteiger partial charge in [-0.25, -0.2) is 17.8 Å². The molecule has 194 valence electrons. The van der Waals surface area contributed by atoms with E-state index in [1.165, 1.54) is 24.3 Å². The van der Waals surface area contributed by atoms with Crippen LogP contribution in [0.2, 0.25) is 0 Å². The maximum Gasteiger partial charge on any atom is 0.227 e. The van der Waals surface area contributed by atoms with E-state index < -0.39 is 15.7 Å². The molecule has 1 aliphatic carbocycles. The molecule has 9 nitrogen and oxygen atoms in total. The number of hydrogen-bond acceptors (Lipinski definition) is 9. The van der Waals surface area contributed by atoms with Crippen molar-refractivity contribution in [2.75, 3.05) is 67.7 Å². The number of halogens is 1. The maximum absolute atomic E-state index is 14.1. The summed E-state index contributed by atoms with van der Waals surface area (Å²) in [6.07, 6.45) is 7.62. The molecule has 3 aliphatic rings. The van der Waals surface area contributed by atoms with Crippen molar-refractivity contribution in [2.45, 2.75) is 36.6 Å². The molecule has 36 heavy (non-hydrogen) atoms. The Labute approximate surface area is 211 Å². The standard InChI is InChI=1S/C25H32FN5O4S/c26-20-5-6-23(22(17-20)30-8-12-34-13-9-30)36(32,33)16-7-19-18-27-25(31-10-14-35-15-11-31)29-24(19)28-21-3-1-2-4-21/h5-7,16-18,21H,1-4,8-15H2,(H,27,28,29). The molecule has 2 aliphatic heterocycles. The van der Waals surface area contributed by atoms with E-state index in [1.807, 2.05) is 4.90 Å². The van der Waals surface area contributed by atoms with E-state index in [9.17, 15) is 12.8 Å². The third-order valence-corrected chi connectivity index (χ3v) is 8.25. The number of morpholine rings is 2. The summed E-state index contributed by atoms with van der Waals surface area (Å²) in [6.45, 7) is 4.60. The largest absolute Gasteiger partial charge is 0.378 e. The minimum absolute atomic E-state index is 0.0678. The van der Waals surface area contributed by atoms with Crippen LogP contribution < -0.4 is 15.1 Å². The normalized spacial score (nSPS) is 19.8. The van der Waals surface area contributed by atoms with E-state index in [0.29, 0.717) is 81.7 Å². The molecule has 0 atom stereocenters. The Balaban J connectivity index is 1.45. The highest BCUT2D eigenvalue weighted by Gasteiger charge is 2.24. The Morgan fingerprint density at radius 1 is 1.00 bits per heavy atom. The van der Waals surface area contributed by atoms with Gasteiger partial charge in [-0.05, 0) is 37.1 Å². The predicted molar refractivity (Wildman–Crippen MR) is 137 cm³/mol. The number of nitrogens with one attached hydrogen (secondary N) is 1.